The van der Waals surface area contributed by atoms with Crippen LogP contribution in [0.4, 0.5) is 10.1 Å². The quantitative estimate of drug-likeness (QED) is 0.824. The van der Waals surface area contributed by atoms with Gasteiger partial charge >= 0.3 is 0 Å². The van der Waals surface area contributed by atoms with Crippen LogP contribution in [0.5, 0.6) is 11.5 Å². The van der Waals surface area contributed by atoms with Gasteiger partial charge in [-0.1, -0.05) is 19.8 Å². The number of hydrogen-bond donors (Lipinski definition) is 1. The van der Waals surface area contributed by atoms with Crippen LogP contribution in [-0.4, -0.2) is 12.7 Å². The van der Waals surface area contributed by atoms with Crippen LogP contribution in [0, 0.1) is 11.7 Å². The fourth-order valence-electron chi connectivity index (χ4n) is 2.82. The molecule has 0 bridgehead atoms. The molecular weight excluding hydrogens is 257 g/mol. The van der Waals surface area contributed by atoms with Gasteiger partial charge in [-0.25, -0.2) is 4.39 Å². The lowest BCUT2D eigenvalue weighted by molar-refractivity contribution is 0.122. The topological polar surface area (TPSA) is 44.5 Å². The Balaban J connectivity index is 2.10. The van der Waals surface area contributed by atoms with Gasteiger partial charge in [-0.2, -0.15) is 0 Å². The second kappa shape index (κ2) is 6.82. The highest BCUT2D eigenvalue weighted by molar-refractivity contribution is 5.56. The van der Waals surface area contributed by atoms with Crippen molar-refractivity contribution in [2.24, 2.45) is 5.92 Å². The highest BCUT2D eigenvalue weighted by Gasteiger charge is 2.23. The number of rotatable bonds is 5. The lowest BCUT2D eigenvalue weighted by atomic mass is 9.85. The second-order valence-corrected chi connectivity index (χ2v) is 5.43. The summed E-state index contributed by atoms with van der Waals surface area (Å²) in [7, 11) is 0. The Morgan fingerprint density at radius 3 is 2.75 bits per heavy atom. The molecule has 0 spiro atoms. The molecule has 0 saturated heterocycles. The van der Waals surface area contributed by atoms with Crippen molar-refractivity contribution in [1.82, 2.24) is 0 Å². The summed E-state index contributed by atoms with van der Waals surface area (Å²) in [5.41, 5.74) is 6.19. The molecule has 2 N–H and O–H groups in total. The van der Waals surface area contributed by atoms with Crippen LogP contribution in [-0.2, 0) is 0 Å². The molecule has 0 aliphatic heterocycles. The zero-order valence-corrected chi connectivity index (χ0v) is 12.3. The average molecular weight is 281 g/mol. The minimum absolute atomic E-state index is 0.177. The summed E-state index contributed by atoms with van der Waals surface area (Å²) in [5, 5.41) is 0. The Labute approximate surface area is 120 Å². The highest BCUT2D eigenvalue weighted by Crippen LogP contribution is 2.34. The van der Waals surface area contributed by atoms with Gasteiger partial charge in [-0.05, 0) is 32.1 Å². The lowest BCUT2D eigenvalue weighted by Crippen LogP contribution is -2.25. The molecule has 0 heterocycles. The zero-order chi connectivity index (χ0) is 14.5. The van der Waals surface area contributed by atoms with Gasteiger partial charge in [0.1, 0.15) is 5.75 Å². The maximum Gasteiger partial charge on any atom is 0.167 e. The van der Waals surface area contributed by atoms with E-state index in [9.17, 15) is 4.39 Å². The van der Waals surface area contributed by atoms with Gasteiger partial charge in [0, 0.05) is 12.1 Å². The predicted molar refractivity (Wildman–Crippen MR) is 78.6 cm³/mol. The summed E-state index contributed by atoms with van der Waals surface area (Å²) in [6.45, 7) is 4.46. The van der Waals surface area contributed by atoms with E-state index < -0.39 is 5.82 Å². The molecule has 2 rings (SSSR count). The van der Waals surface area contributed by atoms with Crippen molar-refractivity contribution in [2.75, 3.05) is 12.3 Å². The third kappa shape index (κ3) is 3.56. The van der Waals surface area contributed by atoms with Crippen molar-refractivity contribution < 1.29 is 13.9 Å². The van der Waals surface area contributed by atoms with Crippen LogP contribution in [0.3, 0.4) is 0 Å². The molecule has 1 saturated carbocycles. The smallest absolute Gasteiger partial charge is 0.167 e. The fourth-order valence-corrected chi connectivity index (χ4v) is 2.82. The van der Waals surface area contributed by atoms with Crippen LogP contribution in [0.15, 0.2) is 12.1 Å². The minimum atomic E-state index is -0.438. The highest BCUT2D eigenvalue weighted by atomic mass is 19.1. The third-order valence-corrected chi connectivity index (χ3v) is 3.97. The van der Waals surface area contributed by atoms with E-state index in [0.29, 0.717) is 18.0 Å². The first-order valence-corrected chi connectivity index (χ1v) is 7.52. The lowest BCUT2D eigenvalue weighted by Gasteiger charge is -2.29. The Hall–Kier alpha value is -1.45. The molecule has 1 fully saturated rings. The minimum Gasteiger partial charge on any atom is -0.491 e. The predicted octanol–water partition coefficient (Wildman–Crippen LogP) is 4.15. The van der Waals surface area contributed by atoms with E-state index in [1.54, 1.807) is 6.07 Å². The molecule has 1 aliphatic rings. The maximum atomic E-state index is 13.7. The fraction of sp³-hybridized carbons (Fsp3) is 0.625. The van der Waals surface area contributed by atoms with Crippen LogP contribution >= 0.6 is 0 Å². The summed E-state index contributed by atoms with van der Waals surface area (Å²) >= 11 is 0. The van der Waals surface area contributed by atoms with Gasteiger partial charge in [0.05, 0.1) is 18.4 Å². The summed E-state index contributed by atoms with van der Waals surface area (Å²) in [4.78, 5) is 0. The molecule has 0 radical (unpaired) electrons. The Morgan fingerprint density at radius 2 is 2.05 bits per heavy atom. The van der Waals surface area contributed by atoms with Crippen molar-refractivity contribution >= 4 is 5.69 Å². The first kappa shape index (κ1) is 14.9. The van der Waals surface area contributed by atoms with Crippen molar-refractivity contribution in [3.63, 3.8) is 0 Å². The summed E-state index contributed by atoms with van der Waals surface area (Å²) in [6.07, 6.45) is 5.91. The summed E-state index contributed by atoms with van der Waals surface area (Å²) in [6, 6.07) is 2.85. The Kier molecular flexibility index (Phi) is 5.10. The van der Waals surface area contributed by atoms with Gasteiger partial charge in [0.15, 0.2) is 11.6 Å². The Morgan fingerprint density at radius 1 is 1.25 bits per heavy atom. The zero-order valence-electron chi connectivity index (χ0n) is 12.3. The first-order chi connectivity index (χ1) is 9.63. The van der Waals surface area contributed by atoms with E-state index in [0.717, 1.165) is 18.8 Å². The molecule has 20 heavy (non-hydrogen) atoms. The number of nitrogen functional groups attached to an aromatic ring is 1. The molecule has 1 aromatic rings. The molecule has 2 atom stereocenters. The van der Waals surface area contributed by atoms with Gasteiger partial charge in [-0.15, -0.1) is 0 Å². The van der Waals surface area contributed by atoms with Crippen molar-refractivity contribution in [2.45, 2.75) is 52.1 Å². The number of nitrogens with two attached hydrogens (primary N) is 1. The van der Waals surface area contributed by atoms with E-state index >= 15 is 0 Å². The van der Waals surface area contributed by atoms with Crippen molar-refractivity contribution in [3.05, 3.63) is 17.9 Å². The molecule has 1 aromatic carbocycles. The van der Waals surface area contributed by atoms with E-state index in [4.69, 9.17) is 15.2 Å². The number of halogens is 1. The van der Waals surface area contributed by atoms with Crippen LogP contribution < -0.4 is 15.2 Å². The standard InChI is InChI=1S/C16H24FNO2/c1-3-11-6-5-7-12(8-11)20-16-10-15(19-4-2)13(17)9-14(16)18/h9-12H,3-8,18H2,1-2H3. The van der Waals surface area contributed by atoms with E-state index in [2.05, 4.69) is 6.92 Å². The normalized spacial score (nSPS) is 22.6. The van der Waals surface area contributed by atoms with Gasteiger partial charge in [-0.3, -0.25) is 0 Å². The molecular formula is C16H24FNO2. The molecule has 1 aliphatic carbocycles. The Bertz CT molecular complexity index is 450. The molecule has 2 unspecified atom stereocenters. The second-order valence-electron chi connectivity index (χ2n) is 5.43. The largest absolute Gasteiger partial charge is 0.491 e. The summed E-state index contributed by atoms with van der Waals surface area (Å²) in [5.74, 6) is 1.03. The van der Waals surface area contributed by atoms with E-state index in [1.807, 2.05) is 6.92 Å². The number of hydrogen-bond acceptors (Lipinski definition) is 3. The van der Waals surface area contributed by atoms with Crippen LogP contribution in [0.1, 0.15) is 46.0 Å². The third-order valence-electron chi connectivity index (χ3n) is 3.97. The van der Waals surface area contributed by atoms with E-state index in [-0.39, 0.29) is 11.9 Å². The van der Waals surface area contributed by atoms with Crippen LogP contribution in [0.2, 0.25) is 0 Å². The van der Waals surface area contributed by atoms with Gasteiger partial charge in [0.25, 0.3) is 0 Å². The molecule has 112 valence electrons. The SMILES string of the molecule is CCOc1cc(OC2CCCC(CC)C2)c(N)cc1F. The monoisotopic (exact) mass is 281 g/mol. The average Bonchev–Trinajstić information content (AvgIpc) is 2.44. The first-order valence-electron chi connectivity index (χ1n) is 7.52. The van der Waals surface area contributed by atoms with Crippen LogP contribution in [0.25, 0.3) is 0 Å². The maximum absolute atomic E-state index is 13.7. The van der Waals surface area contributed by atoms with Crippen molar-refractivity contribution in [3.8, 4) is 11.5 Å². The van der Waals surface area contributed by atoms with Gasteiger partial charge < -0.3 is 15.2 Å². The summed E-state index contributed by atoms with van der Waals surface area (Å²) < 4.78 is 24.9. The number of benzene rings is 1. The van der Waals surface area contributed by atoms with Crippen molar-refractivity contribution in [1.29, 1.82) is 0 Å². The number of anilines is 1. The molecule has 0 amide bonds. The van der Waals surface area contributed by atoms with Gasteiger partial charge in [0.2, 0.25) is 0 Å². The molecule has 3 nitrogen and oxygen atoms in total. The van der Waals surface area contributed by atoms with E-state index in [1.165, 1.54) is 25.3 Å². The molecule has 0 aromatic heterocycles. The number of ether oxygens (including phenoxy) is 2. The molecule has 4 heteroatoms.